The Morgan fingerprint density at radius 2 is 1.88 bits per heavy atom. The third-order valence-electron chi connectivity index (χ3n) is 3.53. The molecule has 0 spiro atoms. The summed E-state index contributed by atoms with van der Waals surface area (Å²) in [5.41, 5.74) is -0.109. The second-order valence-corrected chi connectivity index (χ2v) is 5.08. The summed E-state index contributed by atoms with van der Waals surface area (Å²) in [6.07, 6.45) is -0.705. The van der Waals surface area contributed by atoms with Gasteiger partial charge in [0.25, 0.3) is 5.69 Å². The van der Waals surface area contributed by atoms with Crippen LogP contribution in [0.1, 0.15) is 28.9 Å². The zero-order valence-corrected chi connectivity index (χ0v) is 12.5. The van der Waals surface area contributed by atoms with Crippen molar-refractivity contribution in [2.45, 2.75) is 13.0 Å². The van der Waals surface area contributed by atoms with E-state index in [0.29, 0.717) is 5.56 Å². The summed E-state index contributed by atoms with van der Waals surface area (Å²) < 4.78 is 28.4. The fourth-order valence-electron chi connectivity index (χ4n) is 2.27. The molecule has 1 aliphatic rings. The van der Waals surface area contributed by atoms with Crippen LogP contribution in [-0.4, -0.2) is 17.7 Å². The first kappa shape index (κ1) is 15.7. The molecule has 0 fully saturated rings. The molecule has 0 aromatic heterocycles. The highest BCUT2D eigenvalue weighted by atomic mass is 19.1. The number of nitrogens with zero attached hydrogens (tertiary/aromatic N) is 1. The van der Waals surface area contributed by atoms with E-state index in [2.05, 4.69) is 0 Å². The van der Waals surface area contributed by atoms with Crippen molar-refractivity contribution < 1.29 is 28.3 Å². The first-order valence-electron chi connectivity index (χ1n) is 7.00. The first-order valence-corrected chi connectivity index (χ1v) is 7.00. The van der Waals surface area contributed by atoms with Crippen molar-refractivity contribution in [2.75, 3.05) is 6.79 Å². The van der Waals surface area contributed by atoms with Gasteiger partial charge in [-0.05, 0) is 24.6 Å². The van der Waals surface area contributed by atoms with E-state index in [9.17, 15) is 19.3 Å². The molecule has 1 atom stereocenters. The van der Waals surface area contributed by atoms with Gasteiger partial charge in [0.2, 0.25) is 6.79 Å². The molecular weight excluding hydrogens is 321 g/mol. The van der Waals surface area contributed by atoms with Gasteiger partial charge in [-0.15, -0.1) is 0 Å². The van der Waals surface area contributed by atoms with Crippen molar-refractivity contribution in [3.63, 3.8) is 0 Å². The van der Waals surface area contributed by atoms with Crippen LogP contribution in [0.15, 0.2) is 36.4 Å². The molecule has 1 heterocycles. The maximum Gasteiger partial charge on any atom is 0.345 e. The molecule has 0 saturated carbocycles. The summed E-state index contributed by atoms with van der Waals surface area (Å²) in [5, 5.41) is 11.2. The summed E-state index contributed by atoms with van der Waals surface area (Å²) in [4.78, 5) is 22.8. The molecule has 0 amide bonds. The molecular formula is C16H12FNO6. The third kappa shape index (κ3) is 2.98. The summed E-state index contributed by atoms with van der Waals surface area (Å²) in [6.45, 7) is 1.51. The largest absolute Gasteiger partial charge is 0.454 e. The van der Waals surface area contributed by atoms with E-state index >= 15 is 0 Å². The summed E-state index contributed by atoms with van der Waals surface area (Å²) in [5.74, 6) is -0.854. The Kier molecular flexibility index (Phi) is 4.03. The average Bonchev–Trinajstić information content (AvgIpc) is 3.01. The Morgan fingerprint density at radius 1 is 1.25 bits per heavy atom. The second kappa shape index (κ2) is 6.15. The molecule has 1 unspecified atom stereocenters. The molecule has 2 aromatic carbocycles. The summed E-state index contributed by atoms with van der Waals surface area (Å²) in [6, 6.07) is 7.77. The lowest BCUT2D eigenvalue weighted by atomic mass is 10.1. The molecule has 7 nitrogen and oxygen atoms in total. The van der Waals surface area contributed by atoms with Crippen LogP contribution in [0.25, 0.3) is 0 Å². The maximum atomic E-state index is 12.9. The molecule has 0 aliphatic carbocycles. The van der Waals surface area contributed by atoms with E-state index in [4.69, 9.17) is 14.2 Å². The Bertz CT molecular complexity index is 805. The highest BCUT2D eigenvalue weighted by Gasteiger charge is 2.29. The highest BCUT2D eigenvalue weighted by Crippen LogP contribution is 2.38. The van der Waals surface area contributed by atoms with Crippen LogP contribution in [0, 0.1) is 15.9 Å². The number of esters is 1. The Balaban J connectivity index is 1.86. The number of carbonyl (C=O) groups excluding carboxylic acids is 1. The molecule has 124 valence electrons. The highest BCUT2D eigenvalue weighted by molar-refractivity contribution is 5.95. The zero-order valence-electron chi connectivity index (χ0n) is 12.5. The molecule has 8 heteroatoms. The van der Waals surface area contributed by atoms with Gasteiger partial charge in [0, 0.05) is 6.07 Å². The quantitative estimate of drug-likeness (QED) is 0.484. The predicted octanol–water partition coefficient (Wildman–Crippen LogP) is 3.38. The molecule has 3 rings (SSSR count). The Hall–Kier alpha value is -3.16. The van der Waals surface area contributed by atoms with E-state index in [1.54, 1.807) is 6.92 Å². The van der Waals surface area contributed by atoms with E-state index < -0.39 is 28.5 Å². The van der Waals surface area contributed by atoms with Gasteiger partial charge >= 0.3 is 5.97 Å². The van der Waals surface area contributed by atoms with E-state index in [0.717, 1.165) is 6.07 Å². The molecule has 0 bridgehead atoms. The number of halogens is 1. The summed E-state index contributed by atoms with van der Waals surface area (Å²) >= 11 is 0. The van der Waals surface area contributed by atoms with Crippen molar-refractivity contribution in [3.05, 3.63) is 63.5 Å². The molecule has 2 aromatic rings. The van der Waals surface area contributed by atoms with Gasteiger partial charge in [-0.1, -0.05) is 12.1 Å². The van der Waals surface area contributed by atoms with Gasteiger partial charge in [0.05, 0.1) is 11.0 Å². The second-order valence-electron chi connectivity index (χ2n) is 5.08. The van der Waals surface area contributed by atoms with Gasteiger partial charge in [-0.3, -0.25) is 10.1 Å². The van der Waals surface area contributed by atoms with Crippen LogP contribution in [0.2, 0.25) is 0 Å². The number of rotatable bonds is 4. The molecule has 1 aliphatic heterocycles. The van der Waals surface area contributed by atoms with E-state index in [-0.39, 0.29) is 23.9 Å². The van der Waals surface area contributed by atoms with Gasteiger partial charge in [-0.25, -0.2) is 9.18 Å². The molecule has 24 heavy (non-hydrogen) atoms. The number of ether oxygens (including phenoxy) is 3. The van der Waals surface area contributed by atoms with E-state index in [1.807, 2.05) is 0 Å². The SMILES string of the molecule is CC(OC(=O)c1cc2c(cc1[N+](=O)[O-])OCO2)c1ccc(F)cc1. The van der Waals surface area contributed by atoms with Crippen molar-refractivity contribution in [2.24, 2.45) is 0 Å². The number of hydrogen-bond acceptors (Lipinski definition) is 6. The number of carbonyl (C=O) groups is 1. The third-order valence-corrected chi connectivity index (χ3v) is 3.53. The fourth-order valence-corrected chi connectivity index (χ4v) is 2.27. The van der Waals surface area contributed by atoms with Crippen LogP contribution in [0.3, 0.4) is 0 Å². The Labute approximate surface area is 135 Å². The number of benzene rings is 2. The number of hydrogen-bond donors (Lipinski definition) is 0. The minimum atomic E-state index is -0.878. The minimum absolute atomic E-state index is 0.0724. The topological polar surface area (TPSA) is 87.9 Å². The minimum Gasteiger partial charge on any atom is -0.454 e. The standard InChI is InChI=1S/C16H12FNO6/c1-9(10-2-4-11(17)5-3-10)24-16(19)12-6-14-15(23-8-22-14)7-13(12)18(20)21/h2-7,9H,8H2,1H3. The molecule has 0 saturated heterocycles. The summed E-state index contributed by atoms with van der Waals surface area (Å²) in [7, 11) is 0. The van der Waals surface area contributed by atoms with Crippen LogP contribution < -0.4 is 9.47 Å². The van der Waals surface area contributed by atoms with Crippen molar-refractivity contribution in [1.82, 2.24) is 0 Å². The monoisotopic (exact) mass is 333 g/mol. The van der Waals surface area contributed by atoms with Crippen molar-refractivity contribution in [3.8, 4) is 11.5 Å². The van der Waals surface area contributed by atoms with Gasteiger partial charge in [0.1, 0.15) is 17.5 Å². The fraction of sp³-hybridized carbons (Fsp3) is 0.188. The number of nitro benzene ring substituents is 1. The maximum absolute atomic E-state index is 12.9. The normalized spacial score (nSPS) is 13.4. The first-order chi connectivity index (χ1) is 11.5. The van der Waals surface area contributed by atoms with Crippen LogP contribution in [0.5, 0.6) is 11.5 Å². The van der Waals surface area contributed by atoms with Gasteiger partial charge in [0.15, 0.2) is 11.5 Å². The lowest BCUT2D eigenvalue weighted by Crippen LogP contribution is -2.11. The average molecular weight is 333 g/mol. The lowest BCUT2D eigenvalue weighted by Gasteiger charge is -2.14. The van der Waals surface area contributed by atoms with Crippen LogP contribution in [0.4, 0.5) is 10.1 Å². The predicted molar refractivity (Wildman–Crippen MR) is 79.4 cm³/mol. The van der Waals surface area contributed by atoms with Gasteiger partial charge < -0.3 is 14.2 Å². The van der Waals surface area contributed by atoms with E-state index in [1.165, 1.54) is 30.3 Å². The molecule has 0 N–H and O–H groups in total. The van der Waals surface area contributed by atoms with Gasteiger partial charge in [-0.2, -0.15) is 0 Å². The zero-order chi connectivity index (χ0) is 17.3. The number of nitro groups is 1. The molecule has 0 radical (unpaired) electrons. The van der Waals surface area contributed by atoms with Crippen molar-refractivity contribution >= 4 is 11.7 Å². The van der Waals surface area contributed by atoms with Crippen molar-refractivity contribution in [1.29, 1.82) is 0 Å². The lowest BCUT2D eigenvalue weighted by molar-refractivity contribution is -0.385. The van der Waals surface area contributed by atoms with Crippen LogP contribution >= 0.6 is 0 Å². The Morgan fingerprint density at radius 3 is 2.50 bits per heavy atom. The number of fused-ring (bicyclic) bond motifs is 1. The van der Waals surface area contributed by atoms with Crippen LogP contribution in [-0.2, 0) is 4.74 Å². The smallest absolute Gasteiger partial charge is 0.345 e.